The molecule has 5 rings (SSSR count). The Kier molecular flexibility index (Phi) is 7.94. The van der Waals surface area contributed by atoms with Gasteiger partial charge in [-0.3, -0.25) is 4.79 Å². The molecule has 0 amide bonds. The molecule has 0 unspecified atom stereocenters. The van der Waals surface area contributed by atoms with Gasteiger partial charge in [-0.25, -0.2) is 8.42 Å². The van der Waals surface area contributed by atoms with E-state index in [4.69, 9.17) is 9.47 Å². The third-order valence-electron chi connectivity index (χ3n) is 6.49. The van der Waals surface area contributed by atoms with E-state index in [2.05, 4.69) is 5.10 Å². The van der Waals surface area contributed by atoms with E-state index in [1.54, 1.807) is 48.7 Å². The summed E-state index contributed by atoms with van der Waals surface area (Å²) in [6.45, 7) is 4.01. The molecule has 39 heavy (non-hydrogen) atoms. The summed E-state index contributed by atoms with van der Waals surface area (Å²) in [6.07, 6.45) is 1.61. The maximum atomic E-state index is 13.6. The zero-order valence-electron chi connectivity index (χ0n) is 21.6. The van der Waals surface area contributed by atoms with Crippen LogP contribution in [0.25, 0.3) is 5.69 Å². The number of rotatable bonds is 9. The van der Waals surface area contributed by atoms with Crippen LogP contribution in [0.5, 0.6) is 11.5 Å². The summed E-state index contributed by atoms with van der Waals surface area (Å²) in [4.78, 5) is 15.8. The Hall–Kier alpha value is -4.15. The number of nitrogens with zero attached hydrogens (tertiary/aromatic N) is 4. The molecule has 9 nitrogen and oxygen atoms in total. The molecule has 1 aromatic heterocycles. The smallest absolute Gasteiger partial charge is 0.316 e. The third-order valence-corrected chi connectivity index (χ3v) is 8.41. The molecule has 0 atom stereocenters. The monoisotopic (exact) mass is 546 g/mol. The molecule has 1 aliphatic heterocycles. The number of para-hydroxylation sites is 1. The molecule has 202 valence electrons. The van der Waals surface area contributed by atoms with E-state index in [1.807, 2.05) is 54.3 Å². The van der Waals surface area contributed by atoms with Crippen LogP contribution in [0, 0.1) is 0 Å². The van der Waals surface area contributed by atoms with Gasteiger partial charge in [0.05, 0.1) is 23.4 Å². The Labute approximate surface area is 227 Å². The van der Waals surface area contributed by atoms with Crippen LogP contribution in [0.2, 0.25) is 0 Å². The minimum atomic E-state index is -3.60. The fraction of sp³-hybridized carbons (Fsp3) is 0.241. The van der Waals surface area contributed by atoms with Gasteiger partial charge in [-0.15, -0.1) is 0 Å². The van der Waals surface area contributed by atoms with Gasteiger partial charge in [-0.2, -0.15) is 14.1 Å². The van der Waals surface area contributed by atoms with Crippen molar-refractivity contribution in [3.63, 3.8) is 0 Å². The highest BCUT2D eigenvalue weighted by Gasteiger charge is 2.30. The second kappa shape index (κ2) is 11.7. The largest absolute Gasteiger partial charge is 0.494 e. The Morgan fingerprint density at radius 3 is 2.10 bits per heavy atom. The first-order chi connectivity index (χ1) is 19.0. The van der Waals surface area contributed by atoms with Gasteiger partial charge < -0.3 is 14.4 Å². The normalized spacial score (nSPS) is 14.2. The highest BCUT2D eigenvalue weighted by molar-refractivity contribution is 7.89. The van der Waals surface area contributed by atoms with E-state index in [-0.39, 0.29) is 35.9 Å². The van der Waals surface area contributed by atoms with Crippen molar-refractivity contribution in [1.82, 2.24) is 14.1 Å². The van der Waals surface area contributed by atoms with Gasteiger partial charge in [0, 0.05) is 26.2 Å². The zero-order valence-corrected chi connectivity index (χ0v) is 22.5. The molecule has 0 aliphatic carbocycles. The molecule has 0 N–H and O–H groups in total. The molecule has 2 heterocycles. The van der Waals surface area contributed by atoms with Crippen LogP contribution < -0.4 is 19.9 Å². The van der Waals surface area contributed by atoms with E-state index in [9.17, 15) is 13.2 Å². The number of sulfonamides is 1. The van der Waals surface area contributed by atoms with E-state index >= 15 is 0 Å². The number of aromatic nitrogens is 2. The van der Waals surface area contributed by atoms with Gasteiger partial charge >= 0.3 is 5.56 Å². The molecule has 1 aliphatic rings. The number of hydrogen-bond acceptors (Lipinski definition) is 7. The summed E-state index contributed by atoms with van der Waals surface area (Å²) in [6, 6.07) is 25.1. The highest BCUT2D eigenvalue weighted by Crippen LogP contribution is 2.28. The second-order valence-electron chi connectivity index (χ2n) is 8.98. The first kappa shape index (κ1) is 26.5. The van der Waals surface area contributed by atoms with Crippen molar-refractivity contribution in [2.24, 2.45) is 0 Å². The van der Waals surface area contributed by atoms with Crippen LogP contribution in [-0.2, 0) is 16.6 Å². The van der Waals surface area contributed by atoms with E-state index in [0.717, 1.165) is 11.3 Å². The Bertz CT molecular complexity index is 1550. The van der Waals surface area contributed by atoms with Crippen molar-refractivity contribution in [3.8, 4) is 17.2 Å². The Balaban J connectivity index is 1.40. The van der Waals surface area contributed by atoms with Crippen molar-refractivity contribution < 1.29 is 17.9 Å². The summed E-state index contributed by atoms with van der Waals surface area (Å²) in [5.74, 6) is 0.933. The summed E-state index contributed by atoms with van der Waals surface area (Å²) < 4.78 is 40.6. The number of ether oxygens (including phenoxy) is 2. The summed E-state index contributed by atoms with van der Waals surface area (Å²) in [5, 5.41) is 4.42. The lowest BCUT2D eigenvalue weighted by Gasteiger charge is -2.35. The standard InChI is InChI=1S/C29H30N4O5S/c1-2-37-25-15-13-23(14-16-25)22-38-28-27(21-30-33(29(28)34)24-9-5-3-6-10-24)31-17-19-32(20-18-31)39(35,36)26-11-7-4-8-12-26/h3-16,21H,2,17-20,22H2,1H3. The Morgan fingerprint density at radius 1 is 0.821 bits per heavy atom. The van der Waals surface area contributed by atoms with Gasteiger partial charge in [-0.1, -0.05) is 48.5 Å². The van der Waals surface area contributed by atoms with E-state index in [1.165, 1.54) is 8.99 Å². The van der Waals surface area contributed by atoms with Crippen molar-refractivity contribution in [3.05, 3.63) is 107 Å². The van der Waals surface area contributed by atoms with Gasteiger partial charge in [0.2, 0.25) is 15.8 Å². The number of hydrogen-bond donors (Lipinski definition) is 0. The molecule has 10 heteroatoms. The molecule has 0 bridgehead atoms. The molecular formula is C29H30N4O5S. The van der Waals surface area contributed by atoms with Crippen LogP contribution >= 0.6 is 0 Å². The van der Waals surface area contributed by atoms with Gasteiger partial charge in [0.1, 0.15) is 18.0 Å². The molecule has 0 spiro atoms. The van der Waals surface area contributed by atoms with Gasteiger partial charge in [0.15, 0.2) is 0 Å². The summed E-state index contributed by atoms with van der Waals surface area (Å²) in [5.41, 5.74) is 1.66. The predicted octanol–water partition coefficient (Wildman–Crippen LogP) is 3.72. The minimum absolute atomic E-state index is 0.169. The number of piperazine rings is 1. The van der Waals surface area contributed by atoms with Crippen LogP contribution in [0.1, 0.15) is 12.5 Å². The van der Waals surface area contributed by atoms with E-state index < -0.39 is 10.0 Å². The molecule has 0 radical (unpaired) electrons. The van der Waals surface area contributed by atoms with Crippen molar-refractivity contribution >= 4 is 15.7 Å². The van der Waals surface area contributed by atoms with E-state index in [0.29, 0.717) is 31.1 Å². The minimum Gasteiger partial charge on any atom is -0.494 e. The van der Waals surface area contributed by atoms with Gasteiger partial charge in [-0.05, 0) is 48.9 Å². The third kappa shape index (κ3) is 5.81. The van der Waals surface area contributed by atoms with Crippen molar-refractivity contribution in [2.45, 2.75) is 18.4 Å². The molecule has 0 saturated carbocycles. The first-order valence-electron chi connectivity index (χ1n) is 12.8. The number of anilines is 1. The average molecular weight is 547 g/mol. The lowest BCUT2D eigenvalue weighted by atomic mass is 10.2. The molecule has 1 fully saturated rings. The average Bonchev–Trinajstić information content (AvgIpc) is 2.98. The van der Waals surface area contributed by atoms with Crippen molar-refractivity contribution in [2.75, 3.05) is 37.7 Å². The topological polar surface area (TPSA) is 94.0 Å². The van der Waals surface area contributed by atoms with Gasteiger partial charge in [0.25, 0.3) is 0 Å². The van der Waals surface area contributed by atoms with Crippen LogP contribution in [0.3, 0.4) is 0 Å². The fourth-order valence-corrected chi connectivity index (χ4v) is 5.90. The molecule has 4 aromatic rings. The molecule has 1 saturated heterocycles. The maximum absolute atomic E-state index is 13.6. The molecular weight excluding hydrogens is 516 g/mol. The zero-order chi connectivity index (χ0) is 27.2. The van der Waals surface area contributed by atoms with Crippen molar-refractivity contribution in [1.29, 1.82) is 0 Å². The maximum Gasteiger partial charge on any atom is 0.316 e. The lowest BCUT2D eigenvalue weighted by molar-refractivity contribution is 0.297. The predicted molar refractivity (Wildman–Crippen MR) is 149 cm³/mol. The summed E-state index contributed by atoms with van der Waals surface area (Å²) in [7, 11) is -3.60. The fourth-order valence-electron chi connectivity index (χ4n) is 4.46. The van der Waals surface area contributed by atoms with Crippen LogP contribution in [-0.4, -0.2) is 55.3 Å². The summed E-state index contributed by atoms with van der Waals surface area (Å²) >= 11 is 0. The Morgan fingerprint density at radius 2 is 1.46 bits per heavy atom. The number of benzene rings is 3. The first-order valence-corrected chi connectivity index (χ1v) is 14.2. The highest BCUT2D eigenvalue weighted by atomic mass is 32.2. The lowest BCUT2D eigenvalue weighted by Crippen LogP contribution is -2.49. The van der Waals surface area contributed by atoms with Crippen LogP contribution in [0.4, 0.5) is 5.69 Å². The SMILES string of the molecule is CCOc1ccc(COc2c(N3CCN(S(=O)(=O)c4ccccc4)CC3)cnn(-c3ccccc3)c2=O)cc1. The van der Waals surface area contributed by atoms with Crippen LogP contribution in [0.15, 0.2) is 101 Å². The molecule has 3 aromatic carbocycles. The quantitative estimate of drug-likeness (QED) is 0.316. The second-order valence-corrected chi connectivity index (χ2v) is 10.9.